The van der Waals surface area contributed by atoms with Gasteiger partial charge in [-0.25, -0.2) is 4.79 Å². The summed E-state index contributed by atoms with van der Waals surface area (Å²) in [6, 6.07) is 1.64. The molecule has 0 heterocycles. The summed E-state index contributed by atoms with van der Waals surface area (Å²) in [6.07, 6.45) is 0. The van der Waals surface area contributed by atoms with Crippen molar-refractivity contribution in [2.45, 2.75) is 6.92 Å². The van der Waals surface area contributed by atoms with Crippen LogP contribution in [0.1, 0.15) is 6.92 Å². The number of hydrogen-bond donors (Lipinski definition) is 1. The average molecular weight is 142 g/mol. The van der Waals surface area contributed by atoms with Crippen LogP contribution in [0.4, 0.5) is 0 Å². The van der Waals surface area contributed by atoms with Gasteiger partial charge in [0, 0.05) is 0 Å². The lowest BCUT2D eigenvalue weighted by molar-refractivity contribution is -0.131. The van der Waals surface area contributed by atoms with Crippen LogP contribution in [0.2, 0.25) is 0 Å². The number of nitrogens with zero attached hydrogens (tertiary/aromatic N) is 1. The molecule has 0 aromatic rings. The van der Waals surface area contributed by atoms with Crippen LogP contribution in [0.15, 0.2) is 10.5 Å². The highest BCUT2D eigenvalue weighted by Crippen LogP contribution is 2.06. The molecule has 0 aliphatic heterocycles. The molecule has 0 amide bonds. The Morgan fingerprint density at radius 1 is 1.78 bits per heavy atom. The fourth-order valence-electron chi connectivity index (χ4n) is 0.211. The molecule has 0 aliphatic carbocycles. The van der Waals surface area contributed by atoms with Gasteiger partial charge in [-0.3, -0.25) is 0 Å². The zero-order valence-electron chi connectivity index (χ0n) is 4.71. The first-order chi connectivity index (χ1) is 4.09. The summed E-state index contributed by atoms with van der Waals surface area (Å²) in [5, 5.41) is 16.3. The molecule has 47 valence electrons. The first kappa shape index (κ1) is 7.92. The minimum atomic E-state index is -1.22. The Balaban J connectivity index is 4.54. The van der Waals surface area contributed by atoms with Crippen molar-refractivity contribution in [2.75, 3.05) is 0 Å². The van der Waals surface area contributed by atoms with Gasteiger partial charge < -0.3 is 5.11 Å². The molecule has 0 saturated carbocycles. The molecular formula is C5H4NO2S. The van der Waals surface area contributed by atoms with Crippen molar-refractivity contribution in [3.8, 4) is 6.07 Å². The normalized spacial score (nSPS) is 11.6. The predicted octanol–water partition coefficient (Wildman–Crippen LogP) is 1.07. The van der Waals surface area contributed by atoms with Crippen molar-refractivity contribution in [1.29, 1.82) is 5.26 Å². The molecule has 4 heteroatoms. The van der Waals surface area contributed by atoms with E-state index in [1.165, 1.54) is 6.92 Å². The fourth-order valence-corrected chi connectivity index (χ4v) is 0.257. The minimum absolute atomic E-state index is 0.0671. The molecule has 9 heavy (non-hydrogen) atoms. The first-order valence-electron chi connectivity index (χ1n) is 2.11. The Hall–Kier alpha value is -1.08. The second kappa shape index (κ2) is 3.05. The summed E-state index contributed by atoms with van der Waals surface area (Å²) in [5.41, 5.74) is 0.0671. The number of allylic oxidation sites excluding steroid dienone is 1. The van der Waals surface area contributed by atoms with Crippen molar-refractivity contribution < 1.29 is 9.90 Å². The van der Waals surface area contributed by atoms with Crippen LogP contribution < -0.4 is 0 Å². The second-order valence-electron chi connectivity index (χ2n) is 1.37. The molecule has 0 bridgehead atoms. The van der Waals surface area contributed by atoms with Gasteiger partial charge in [-0.1, -0.05) is 12.6 Å². The van der Waals surface area contributed by atoms with Gasteiger partial charge >= 0.3 is 5.97 Å². The lowest BCUT2D eigenvalue weighted by atomic mass is 10.3. The maximum absolute atomic E-state index is 9.99. The highest BCUT2D eigenvalue weighted by molar-refractivity contribution is 7.85. The largest absolute Gasteiger partial charge is 0.477 e. The van der Waals surface area contributed by atoms with Crippen LogP contribution in [-0.4, -0.2) is 11.1 Å². The Labute approximate surface area is 58.0 Å². The second-order valence-corrected chi connectivity index (χ2v) is 1.78. The van der Waals surface area contributed by atoms with Gasteiger partial charge in [-0.05, 0) is 6.92 Å². The van der Waals surface area contributed by atoms with E-state index < -0.39 is 5.97 Å². The molecule has 0 aromatic heterocycles. The molecule has 0 aliphatic rings. The molecular weight excluding hydrogens is 138 g/mol. The lowest BCUT2D eigenvalue weighted by Gasteiger charge is -1.87. The van der Waals surface area contributed by atoms with Crippen LogP contribution in [0, 0.1) is 11.3 Å². The van der Waals surface area contributed by atoms with Crippen LogP contribution >= 0.6 is 12.6 Å². The molecule has 0 saturated heterocycles. The third kappa shape index (κ3) is 2.11. The van der Waals surface area contributed by atoms with Crippen LogP contribution in [0.5, 0.6) is 0 Å². The first-order valence-corrected chi connectivity index (χ1v) is 2.51. The zero-order chi connectivity index (χ0) is 7.44. The third-order valence-electron chi connectivity index (χ3n) is 0.703. The fraction of sp³-hybridized carbons (Fsp3) is 0.200. The summed E-state index contributed by atoms with van der Waals surface area (Å²) < 4.78 is 0. The number of carboxylic acids is 1. The summed E-state index contributed by atoms with van der Waals surface area (Å²) in [6.45, 7) is 1.37. The Kier molecular flexibility index (Phi) is 2.68. The van der Waals surface area contributed by atoms with E-state index in [0.29, 0.717) is 0 Å². The molecule has 0 fully saturated rings. The average Bonchev–Trinajstić information content (AvgIpc) is 1.84. The molecule has 0 aromatic carbocycles. The highest BCUT2D eigenvalue weighted by Gasteiger charge is 2.05. The molecule has 0 spiro atoms. The maximum atomic E-state index is 9.99. The number of rotatable bonds is 1. The van der Waals surface area contributed by atoms with E-state index in [-0.39, 0.29) is 10.5 Å². The van der Waals surface area contributed by atoms with Crippen molar-refractivity contribution in [3.63, 3.8) is 0 Å². The Bertz CT molecular complexity index is 201. The molecule has 3 nitrogen and oxygen atoms in total. The van der Waals surface area contributed by atoms with Gasteiger partial charge in [-0.2, -0.15) is 5.26 Å². The van der Waals surface area contributed by atoms with E-state index in [2.05, 4.69) is 12.6 Å². The molecule has 0 unspecified atom stereocenters. The molecule has 1 N–H and O–H groups in total. The Morgan fingerprint density at radius 2 is 2.22 bits per heavy atom. The highest BCUT2D eigenvalue weighted by atomic mass is 32.1. The van der Waals surface area contributed by atoms with E-state index in [1.807, 2.05) is 0 Å². The van der Waals surface area contributed by atoms with Crippen molar-refractivity contribution in [1.82, 2.24) is 0 Å². The van der Waals surface area contributed by atoms with Gasteiger partial charge in [0.2, 0.25) is 0 Å². The van der Waals surface area contributed by atoms with E-state index in [1.54, 1.807) is 6.07 Å². The maximum Gasteiger partial charge on any atom is 0.347 e. The van der Waals surface area contributed by atoms with Gasteiger partial charge in [0.15, 0.2) is 0 Å². The monoisotopic (exact) mass is 142 g/mol. The molecule has 1 radical (unpaired) electrons. The SMILES string of the molecule is CC(C#N)=C([S])C(=O)O. The molecule has 0 atom stereocenters. The van der Waals surface area contributed by atoms with Gasteiger partial charge in [0.1, 0.15) is 4.91 Å². The number of carbonyl (C=O) groups is 1. The summed E-state index contributed by atoms with van der Waals surface area (Å²) in [7, 11) is 0. The minimum Gasteiger partial charge on any atom is -0.477 e. The van der Waals surface area contributed by atoms with Crippen molar-refractivity contribution in [3.05, 3.63) is 10.5 Å². The van der Waals surface area contributed by atoms with E-state index in [9.17, 15) is 4.79 Å². The standard InChI is InChI=1S/C5H4NO2S/c1-3(2-6)4(9)5(7)8/h1H3,(H,7,8). The predicted molar refractivity (Wildman–Crippen MR) is 33.5 cm³/mol. The zero-order valence-corrected chi connectivity index (χ0v) is 5.53. The smallest absolute Gasteiger partial charge is 0.347 e. The summed E-state index contributed by atoms with van der Waals surface area (Å²) in [5.74, 6) is -1.22. The lowest BCUT2D eigenvalue weighted by Crippen LogP contribution is -1.95. The van der Waals surface area contributed by atoms with Crippen molar-refractivity contribution in [2.24, 2.45) is 0 Å². The topological polar surface area (TPSA) is 61.1 Å². The van der Waals surface area contributed by atoms with Gasteiger partial charge in [-0.15, -0.1) is 0 Å². The van der Waals surface area contributed by atoms with Crippen molar-refractivity contribution >= 4 is 18.6 Å². The van der Waals surface area contributed by atoms with Crippen LogP contribution in [-0.2, 0) is 4.79 Å². The number of hydrogen-bond acceptors (Lipinski definition) is 2. The van der Waals surface area contributed by atoms with E-state index in [0.717, 1.165) is 0 Å². The number of aliphatic carboxylic acids is 1. The van der Waals surface area contributed by atoms with Gasteiger partial charge in [0.25, 0.3) is 0 Å². The van der Waals surface area contributed by atoms with Gasteiger partial charge in [0.05, 0.1) is 11.6 Å². The Morgan fingerprint density at radius 3 is 2.33 bits per heavy atom. The van der Waals surface area contributed by atoms with E-state index >= 15 is 0 Å². The summed E-state index contributed by atoms with van der Waals surface area (Å²) >= 11 is 4.34. The number of carboxylic acid groups (broad SMARTS) is 1. The number of nitriles is 1. The van der Waals surface area contributed by atoms with E-state index in [4.69, 9.17) is 10.4 Å². The quantitative estimate of drug-likeness (QED) is 0.440. The summed E-state index contributed by atoms with van der Waals surface area (Å²) in [4.78, 5) is 9.68. The van der Waals surface area contributed by atoms with Crippen LogP contribution in [0.25, 0.3) is 0 Å². The third-order valence-corrected chi connectivity index (χ3v) is 1.18. The molecule has 0 rings (SSSR count). The van der Waals surface area contributed by atoms with Crippen LogP contribution in [0.3, 0.4) is 0 Å².